The number of benzene rings is 2. The Kier molecular flexibility index (Phi) is 6.45. The zero-order valence-corrected chi connectivity index (χ0v) is 18.6. The minimum Gasteiger partial charge on any atom is -0.326 e. The first-order valence-electron chi connectivity index (χ1n) is 10.5. The highest BCUT2D eigenvalue weighted by Gasteiger charge is 2.28. The molecule has 4 aromatic rings. The smallest absolute Gasteiger partial charge is 0.273 e. The van der Waals surface area contributed by atoms with Crippen molar-refractivity contribution in [2.75, 3.05) is 5.32 Å². The maximum absolute atomic E-state index is 13.9. The molecule has 9 heteroatoms. The van der Waals surface area contributed by atoms with E-state index in [0.717, 1.165) is 34.4 Å². The van der Waals surface area contributed by atoms with Gasteiger partial charge in [-0.25, -0.2) is 23.1 Å². The number of nitrogens with zero attached hydrogens (tertiary/aromatic N) is 4. The van der Waals surface area contributed by atoms with Crippen molar-refractivity contribution in [1.29, 1.82) is 0 Å². The number of aromatic nitrogens is 4. The zero-order valence-electron chi connectivity index (χ0n) is 18.6. The van der Waals surface area contributed by atoms with E-state index < -0.39 is 17.3 Å². The molecule has 1 amide bonds. The van der Waals surface area contributed by atoms with Crippen LogP contribution in [0.2, 0.25) is 0 Å². The van der Waals surface area contributed by atoms with Crippen molar-refractivity contribution in [2.24, 2.45) is 7.05 Å². The number of anilines is 1. The molecule has 0 fully saturated rings. The molecule has 1 N–H and O–H groups in total. The number of alkyl halides is 2. The molecule has 4 rings (SSSR count). The Labute approximate surface area is 194 Å². The molecule has 0 spiro atoms. The van der Waals surface area contributed by atoms with Crippen LogP contribution < -0.4 is 5.32 Å². The molecular weight excluding hydrogens is 443 g/mol. The van der Waals surface area contributed by atoms with Gasteiger partial charge in [-0.1, -0.05) is 24.3 Å². The van der Waals surface area contributed by atoms with Crippen molar-refractivity contribution in [3.63, 3.8) is 0 Å². The van der Waals surface area contributed by atoms with E-state index in [2.05, 4.69) is 20.4 Å². The quantitative estimate of drug-likeness (QED) is 0.421. The van der Waals surface area contributed by atoms with E-state index in [-0.39, 0.29) is 18.0 Å². The lowest BCUT2D eigenvalue weighted by molar-refractivity contribution is -0.115. The highest BCUT2D eigenvalue weighted by molar-refractivity contribution is 5.92. The fraction of sp³-hybridized carbons (Fsp3) is 0.200. The molecule has 34 heavy (non-hydrogen) atoms. The monoisotopic (exact) mass is 465 g/mol. The highest BCUT2D eigenvalue weighted by atomic mass is 19.3. The van der Waals surface area contributed by atoms with Crippen molar-refractivity contribution in [2.45, 2.75) is 25.7 Å². The first-order chi connectivity index (χ1) is 16.2. The van der Waals surface area contributed by atoms with E-state index in [4.69, 9.17) is 0 Å². The van der Waals surface area contributed by atoms with Crippen LogP contribution in [0.5, 0.6) is 0 Å². The minimum absolute atomic E-state index is 0.0497. The molecule has 0 aliphatic rings. The van der Waals surface area contributed by atoms with Gasteiger partial charge in [0.15, 0.2) is 0 Å². The molecule has 2 aromatic heterocycles. The Bertz CT molecular complexity index is 1300. The number of hydrogen-bond donors (Lipinski definition) is 1. The summed E-state index contributed by atoms with van der Waals surface area (Å²) in [4.78, 5) is 21.1. The molecule has 174 valence electrons. The van der Waals surface area contributed by atoms with Crippen LogP contribution in [0.15, 0.2) is 67.3 Å². The van der Waals surface area contributed by atoms with Gasteiger partial charge in [0, 0.05) is 50.2 Å². The maximum Gasteiger partial charge on any atom is 0.273 e. The van der Waals surface area contributed by atoms with Crippen molar-refractivity contribution < 1.29 is 18.0 Å². The minimum atomic E-state index is -3.29. The van der Waals surface area contributed by atoms with Crippen LogP contribution in [-0.4, -0.2) is 25.7 Å². The fourth-order valence-corrected chi connectivity index (χ4v) is 3.50. The Hall–Kier alpha value is -4.01. The molecule has 0 aliphatic heterocycles. The van der Waals surface area contributed by atoms with Gasteiger partial charge in [0.05, 0.1) is 18.2 Å². The predicted molar refractivity (Wildman–Crippen MR) is 122 cm³/mol. The summed E-state index contributed by atoms with van der Waals surface area (Å²) < 4.78 is 42.3. The lowest BCUT2D eigenvalue weighted by Crippen LogP contribution is -2.15. The number of nitrogens with one attached hydrogen (secondary N) is 1. The molecule has 2 heterocycles. The van der Waals surface area contributed by atoms with Crippen LogP contribution in [0, 0.1) is 5.82 Å². The molecular formula is C25H22F3N5O. The number of carbonyl (C=O) groups is 1. The van der Waals surface area contributed by atoms with Crippen molar-refractivity contribution in [3.05, 3.63) is 95.6 Å². The van der Waals surface area contributed by atoms with Gasteiger partial charge in [0.1, 0.15) is 11.6 Å². The number of aryl methyl sites for hydroxylation is 1. The summed E-state index contributed by atoms with van der Waals surface area (Å²) in [7, 11) is 1.85. The molecule has 6 nitrogen and oxygen atoms in total. The number of hydrogen-bond acceptors (Lipinski definition) is 4. The number of halogens is 3. The van der Waals surface area contributed by atoms with Crippen LogP contribution in [0.3, 0.4) is 0 Å². The Morgan fingerprint density at radius 2 is 1.71 bits per heavy atom. The van der Waals surface area contributed by atoms with Gasteiger partial charge in [0.2, 0.25) is 5.91 Å². The summed E-state index contributed by atoms with van der Waals surface area (Å²) in [6, 6.07) is 10.5. The summed E-state index contributed by atoms with van der Waals surface area (Å²) in [5.74, 6) is -4.05. The van der Waals surface area contributed by atoms with E-state index in [1.54, 1.807) is 35.4 Å². The van der Waals surface area contributed by atoms with Crippen LogP contribution >= 0.6 is 0 Å². The maximum atomic E-state index is 13.9. The second-order valence-corrected chi connectivity index (χ2v) is 8.09. The molecule has 0 atom stereocenters. The van der Waals surface area contributed by atoms with Crippen molar-refractivity contribution >= 4 is 11.6 Å². The summed E-state index contributed by atoms with van der Waals surface area (Å²) in [5.41, 5.74) is 2.92. The Morgan fingerprint density at radius 1 is 1.00 bits per heavy atom. The van der Waals surface area contributed by atoms with E-state index >= 15 is 0 Å². The molecule has 0 saturated heterocycles. The van der Waals surface area contributed by atoms with Gasteiger partial charge in [-0.2, -0.15) is 5.10 Å². The average molecular weight is 465 g/mol. The van der Waals surface area contributed by atoms with Gasteiger partial charge in [0.25, 0.3) is 5.92 Å². The summed E-state index contributed by atoms with van der Waals surface area (Å²) >= 11 is 0. The fourth-order valence-electron chi connectivity index (χ4n) is 3.50. The van der Waals surface area contributed by atoms with Gasteiger partial charge in [-0.05, 0) is 34.9 Å². The van der Waals surface area contributed by atoms with E-state index in [0.29, 0.717) is 19.2 Å². The van der Waals surface area contributed by atoms with Gasteiger partial charge in [-0.3, -0.25) is 9.48 Å². The summed E-state index contributed by atoms with van der Waals surface area (Å²) in [6.45, 7) is 0.621. The van der Waals surface area contributed by atoms with Gasteiger partial charge >= 0.3 is 0 Å². The SMILES string of the molecule is Cn1cc(Cc2ncc(-c3ccc(CC(=O)Nc4ccc(C(C)(F)F)c(F)c4)cc3)cn2)cn1. The first kappa shape index (κ1) is 23.2. The highest BCUT2D eigenvalue weighted by Crippen LogP contribution is 2.30. The average Bonchev–Trinajstić information content (AvgIpc) is 3.18. The topological polar surface area (TPSA) is 72.7 Å². The lowest BCUT2D eigenvalue weighted by Gasteiger charge is -2.13. The molecule has 0 aliphatic carbocycles. The van der Waals surface area contributed by atoms with E-state index in [9.17, 15) is 18.0 Å². The first-order valence-corrected chi connectivity index (χ1v) is 10.5. The molecule has 0 radical (unpaired) electrons. The van der Waals surface area contributed by atoms with E-state index in [1.807, 2.05) is 25.4 Å². The van der Waals surface area contributed by atoms with Crippen LogP contribution in [0.4, 0.5) is 18.9 Å². The number of carbonyl (C=O) groups excluding carboxylic acids is 1. The Balaban J connectivity index is 1.36. The van der Waals surface area contributed by atoms with Crippen LogP contribution in [0.25, 0.3) is 11.1 Å². The summed E-state index contributed by atoms with van der Waals surface area (Å²) in [6.07, 6.45) is 7.84. The zero-order chi connectivity index (χ0) is 24.3. The molecule has 2 aromatic carbocycles. The Morgan fingerprint density at radius 3 is 2.29 bits per heavy atom. The third kappa shape index (κ3) is 5.67. The normalized spacial score (nSPS) is 11.4. The second kappa shape index (κ2) is 9.46. The van der Waals surface area contributed by atoms with Crippen LogP contribution in [0.1, 0.15) is 29.4 Å². The molecule has 0 unspecified atom stereocenters. The third-order valence-electron chi connectivity index (χ3n) is 5.20. The second-order valence-electron chi connectivity index (χ2n) is 8.09. The van der Waals surface area contributed by atoms with Crippen LogP contribution in [-0.2, 0) is 30.6 Å². The largest absolute Gasteiger partial charge is 0.326 e. The third-order valence-corrected chi connectivity index (χ3v) is 5.20. The number of rotatable bonds is 7. The predicted octanol–water partition coefficient (Wildman–Crippen LogP) is 4.90. The van der Waals surface area contributed by atoms with Gasteiger partial charge < -0.3 is 5.32 Å². The molecule has 0 bridgehead atoms. The summed E-state index contributed by atoms with van der Waals surface area (Å²) in [5, 5.41) is 6.67. The van der Waals surface area contributed by atoms with Crippen molar-refractivity contribution in [3.8, 4) is 11.1 Å². The molecule has 0 saturated carbocycles. The lowest BCUT2D eigenvalue weighted by atomic mass is 10.0. The van der Waals surface area contributed by atoms with Crippen molar-refractivity contribution in [1.82, 2.24) is 19.7 Å². The standard InChI is InChI=1S/C25H22F3N5O/c1-25(27,28)21-8-7-20(11-22(21)26)32-24(34)10-16-3-5-18(6-4-16)19-13-29-23(30-14-19)9-17-12-31-33(2)15-17/h3-8,11-15H,9-10H2,1-2H3,(H,32,34). The van der Waals surface area contributed by atoms with Gasteiger partial charge in [-0.15, -0.1) is 0 Å². The number of amides is 1. The van der Waals surface area contributed by atoms with E-state index in [1.165, 1.54) is 6.07 Å².